The molecule has 0 aromatic heterocycles. The maximum Gasteiger partial charge on any atom is 0.407 e. The molecule has 0 bridgehead atoms. The van der Waals surface area contributed by atoms with Gasteiger partial charge in [0.05, 0.1) is 31.6 Å². The first-order chi connectivity index (χ1) is 27.4. The molecule has 0 aliphatic rings. The molecule has 5 amide bonds. The van der Waals surface area contributed by atoms with Crippen LogP contribution in [-0.2, 0) is 39.9 Å². The van der Waals surface area contributed by atoms with Crippen molar-refractivity contribution in [2.45, 2.75) is 98.9 Å². The number of hydrogen-bond donors (Lipinski definition) is 5. The van der Waals surface area contributed by atoms with Crippen molar-refractivity contribution in [3.8, 4) is 22.6 Å². The predicted molar refractivity (Wildman–Crippen MR) is 219 cm³/mol. The highest BCUT2D eigenvalue weighted by atomic mass is 16.6. The maximum atomic E-state index is 14.1. The molecule has 2 rings (SSSR count). The number of carbonyl (C=O) groups is 7. The number of carboxylic acids is 1. The first-order valence-corrected chi connectivity index (χ1v) is 19.4. The lowest BCUT2D eigenvalue weighted by molar-refractivity contribution is -0.141. The normalized spacial score (nSPS) is 12.9. The summed E-state index contributed by atoms with van der Waals surface area (Å²) in [7, 11) is 1.39. The van der Waals surface area contributed by atoms with E-state index in [1.807, 2.05) is 0 Å². The molecule has 0 heterocycles. The van der Waals surface area contributed by atoms with Gasteiger partial charge in [0.25, 0.3) is 0 Å². The van der Waals surface area contributed by atoms with Gasteiger partial charge in [0.1, 0.15) is 42.0 Å². The number of hydrogen-bond acceptors (Lipinski definition) is 11. The highest BCUT2D eigenvalue weighted by Crippen LogP contribution is 2.40. The summed E-state index contributed by atoms with van der Waals surface area (Å²) < 4.78 is 23.0. The van der Waals surface area contributed by atoms with Crippen LogP contribution in [0.2, 0.25) is 0 Å². The summed E-state index contributed by atoms with van der Waals surface area (Å²) in [5.41, 5.74) is 0.232. The molecule has 0 aliphatic heterocycles. The van der Waals surface area contributed by atoms with Crippen LogP contribution in [0.4, 0.5) is 9.59 Å². The van der Waals surface area contributed by atoms with Crippen LogP contribution in [0.3, 0.4) is 0 Å². The van der Waals surface area contributed by atoms with Gasteiger partial charge in [0.2, 0.25) is 18.2 Å². The van der Waals surface area contributed by atoms with E-state index in [0.717, 1.165) is 4.90 Å². The van der Waals surface area contributed by atoms with Gasteiger partial charge in [-0.25, -0.2) is 9.59 Å². The standard InChI is InChI=1S/C42H61N5O12/c1-25(2)36(50)27(4)46-37(51)35(47(11)34(49)23-43-24-48)29-13-15-33(57-19-17-45-40(55)59-42(8,9)10)31(22-29)30-21-28(20-26(3)38(52)53)12-14-32(30)56-18-16-44-39(54)58-41(5,6)7/h12-15,21-22,24-27,35H,16-20,23H2,1-11H3,(H,43,48)(H,44,54)(H,45,55)(H,46,51)(H,52,53)/t26?,27-,35?/m0/s1. The molecular formula is C42H61N5O12. The molecule has 0 fully saturated rings. The third-order valence-corrected chi connectivity index (χ3v) is 8.39. The van der Waals surface area contributed by atoms with Crippen LogP contribution < -0.4 is 30.7 Å². The number of rotatable bonds is 21. The van der Waals surface area contributed by atoms with Crippen LogP contribution in [0.1, 0.15) is 86.4 Å². The van der Waals surface area contributed by atoms with Crippen LogP contribution in [0.25, 0.3) is 11.1 Å². The second-order valence-electron chi connectivity index (χ2n) is 16.3. The lowest BCUT2D eigenvalue weighted by Gasteiger charge is -2.30. The molecule has 2 aromatic carbocycles. The minimum absolute atomic E-state index is 0.0133. The average molecular weight is 828 g/mol. The molecule has 0 spiro atoms. The van der Waals surface area contributed by atoms with E-state index in [-0.39, 0.29) is 55.7 Å². The van der Waals surface area contributed by atoms with E-state index in [1.165, 1.54) is 7.05 Å². The quantitative estimate of drug-likeness (QED) is 0.0872. The Labute approximate surface area is 346 Å². The van der Waals surface area contributed by atoms with Crippen molar-refractivity contribution in [2.24, 2.45) is 11.8 Å². The number of Topliss-reactive ketones (excluding diaryl/α,β-unsaturated/α-hetero) is 1. The summed E-state index contributed by atoms with van der Waals surface area (Å²) in [6, 6.07) is 7.62. The number of likely N-dealkylation sites (N-methyl/N-ethyl adjacent to an activating group) is 1. The third kappa shape index (κ3) is 16.9. The Kier molecular flexibility index (Phi) is 18.6. The molecule has 0 radical (unpaired) electrons. The van der Waals surface area contributed by atoms with Crippen LogP contribution >= 0.6 is 0 Å². The number of nitrogens with one attached hydrogen (secondary N) is 4. The molecule has 0 saturated carbocycles. The molecule has 2 aromatic rings. The Hall–Kier alpha value is -5.87. The van der Waals surface area contributed by atoms with Crippen LogP contribution in [0, 0.1) is 11.8 Å². The fourth-order valence-electron chi connectivity index (χ4n) is 5.60. The van der Waals surface area contributed by atoms with Gasteiger partial charge in [-0.1, -0.05) is 32.9 Å². The van der Waals surface area contributed by atoms with E-state index in [4.69, 9.17) is 18.9 Å². The number of ether oxygens (including phenoxy) is 4. The molecule has 2 unspecified atom stereocenters. The minimum atomic E-state index is -1.32. The van der Waals surface area contributed by atoms with Crippen molar-refractivity contribution in [1.82, 2.24) is 26.2 Å². The second kappa shape index (κ2) is 22.3. The summed E-state index contributed by atoms with van der Waals surface area (Å²) in [6.07, 6.45) is -0.789. The van der Waals surface area contributed by atoms with Crippen LogP contribution in [0.15, 0.2) is 36.4 Å². The fraction of sp³-hybridized carbons (Fsp3) is 0.548. The molecule has 0 saturated heterocycles. The predicted octanol–water partition coefficient (Wildman–Crippen LogP) is 4.40. The first-order valence-electron chi connectivity index (χ1n) is 19.4. The molecule has 17 heteroatoms. The van der Waals surface area contributed by atoms with Crippen molar-refractivity contribution < 1.29 is 57.6 Å². The molecule has 59 heavy (non-hydrogen) atoms. The summed E-state index contributed by atoms with van der Waals surface area (Å²) >= 11 is 0. The Morgan fingerprint density at radius 2 is 1.29 bits per heavy atom. The van der Waals surface area contributed by atoms with Crippen molar-refractivity contribution in [3.63, 3.8) is 0 Å². The zero-order chi connectivity index (χ0) is 44.7. The topological polar surface area (TPSA) is 228 Å². The van der Waals surface area contributed by atoms with Crippen molar-refractivity contribution in [3.05, 3.63) is 47.5 Å². The van der Waals surface area contributed by atoms with Crippen molar-refractivity contribution >= 4 is 42.2 Å². The van der Waals surface area contributed by atoms with E-state index in [2.05, 4.69) is 21.3 Å². The van der Waals surface area contributed by atoms with E-state index in [9.17, 15) is 38.7 Å². The summed E-state index contributed by atoms with van der Waals surface area (Å²) in [5.74, 6) is -3.09. The van der Waals surface area contributed by atoms with Gasteiger partial charge in [-0.2, -0.15) is 0 Å². The van der Waals surface area contributed by atoms with Crippen molar-refractivity contribution in [2.75, 3.05) is 39.9 Å². The lowest BCUT2D eigenvalue weighted by atomic mass is 9.93. The molecule has 326 valence electrons. The largest absolute Gasteiger partial charge is 0.491 e. The summed E-state index contributed by atoms with van der Waals surface area (Å²) in [4.78, 5) is 88.9. The number of nitrogens with zero attached hydrogens (tertiary/aromatic N) is 1. The Morgan fingerprint density at radius 1 is 0.780 bits per heavy atom. The molecular weight excluding hydrogens is 766 g/mol. The number of ketones is 1. The number of carboxylic acid groups (broad SMARTS) is 1. The smallest absolute Gasteiger partial charge is 0.407 e. The van der Waals surface area contributed by atoms with Gasteiger partial charge >= 0.3 is 18.2 Å². The monoisotopic (exact) mass is 827 g/mol. The Morgan fingerprint density at radius 3 is 1.76 bits per heavy atom. The molecule has 0 aliphatic carbocycles. The summed E-state index contributed by atoms with van der Waals surface area (Å²) in [6.45, 7) is 16.6. The Bertz CT molecular complexity index is 1800. The zero-order valence-corrected chi connectivity index (χ0v) is 36.0. The first kappa shape index (κ1) is 49.3. The molecule has 17 nitrogen and oxygen atoms in total. The fourth-order valence-corrected chi connectivity index (χ4v) is 5.60. The van der Waals surface area contributed by atoms with E-state index in [0.29, 0.717) is 28.8 Å². The Balaban J connectivity index is 2.77. The van der Waals surface area contributed by atoms with E-state index >= 15 is 0 Å². The number of aliphatic carboxylic acids is 1. The average Bonchev–Trinajstić information content (AvgIpc) is 3.12. The number of alkyl carbamates (subject to hydrolysis) is 2. The van der Waals surface area contributed by atoms with Crippen LogP contribution in [-0.4, -0.2) is 109 Å². The molecule has 3 atom stereocenters. The van der Waals surface area contributed by atoms with Gasteiger partial charge in [-0.15, -0.1) is 0 Å². The SMILES string of the molecule is CC(C)C(=O)[C@H](C)NC(=O)C(c1ccc(OCCNC(=O)OC(C)(C)C)c(-c2cc(CC(C)C(=O)O)ccc2OCCNC(=O)OC(C)(C)C)c1)N(C)C(=O)CNC=O. The van der Waals surface area contributed by atoms with E-state index < -0.39 is 65.7 Å². The number of carbonyl (C=O) groups excluding carboxylic acids is 6. The zero-order valence-electron chi connectivity index (χ0n) is 36.0. The number of benzene rings is 2. The highest BCUT2D eigenvalue weighted by Gasteiger charge is 2.32. The lowest BCUT2D eigenvalue weighted by Crippen LogP contribution is -2.48. The highest BCUT2D eigenvalue weighted by molar-refractivity contribution is 5.94. The van der Waals surface area contributed by atoms with Gasteiger partial charge in [-0.3, -0.25) is 24.0 Å². The summed E-state index contributed by atoms with van der Waals surface area (Å²) in [5, 5.41) is 20.0. The second-order valence-corrected chi connectivity index (χ2v) is 16.3. The molecule has 5 N–H and O–H groups in total. The van der Waals surface area contributed by atoms with Gasteiger partial charge < -0.3 is 50.2 Å². The minimum Gasteiger partial charge on any atom is -0.491 e. The third-order valence-electron chi connectivity index (χ3n) is 8.39. The van der Waals surface area contributed by atoms with E-state index in [1.54, 1.807) is 106 Å². The van der Waals surface area contributed by atoms with Gasteiger partial charge in [0, 0.05) is 24.1 Å². The van der Waals surface area contributed by atoms with Gasteiger partial charge in [0.15, 0.2) is 5.78 Å². The van der Waals surface area contributed by atoms with Gasteiger partial charge in [-0.05, 0) is 90.3 Å². The van der Waals surface area contributed by atoms with Crippen LogP contribution in [0.5, 0.6) is 11.5 Å². The van der Waals surface area contributed by atoms with Crippen molar-refractivity contribution in [1.29, 1.82) is 0 Å². The maximum absolute atomic E-state index is 14.1. The number of amides is 5.